The SMILES string of the molecule is CC[C@H](CO)NC(=O)C1(c2ccc(NC(=O)[C@@H](NC(=O)c3ccnn3C)C([SiH3])(C3CCC3)C3(C)CC3)cc2)CCOC1. The third-order valence-corrected chi connectivity index (χ3v) is 13.3. The molecule has 3 aliphatic rings. The molecule has 2 heterocycles. The number of anilines is 1. The standard InChI is InChI=1S/C31H45N5O5Si/c1-4-22(18-37)34-28(40)30(15-17-41-19-30)20-8-10-23(11-9-20)33-27(39)25(35-26(38)24-12-16-32-36(24)3)31(42,21-6-5-7-21)29(2)13-14-29/h8-12,16,21-22,25,37H,4-7,13-15,17-19H2,1-3,42H3,(H,33,39)(H,34,40)(H,35,38)/t22-,25-,30?,31?/m1/s1. The fourth-order valence-electron chi connectivity index (χ4n) is 6.89. The van der Waals surface area contributed by atoms with Gasteiger partial charge in [0.25, 0.3) is 5.91 Å². The topological polar surface area (TPSA) is 135 Å². The van der Waals surface area contributed by atoms with Crippen LogP contribution in [0.15, 0.2) is 36.5 Å². The van der Waals surface area contributed by atoms with Crippen molar-refractivity contribution in [2.24, 2.45) is 18.4 Å². The largest absolute Gasteiger partial charge is 0.394 e. The number of rotatable bonds is 12. The molecule has 3 fully saturated rings. The Morgan fingerprint density at radius 3 is 2.38 bits per heavy atom. The predicted octanol–water partition coefficient (Wildman–Crippen LogP) is 1.83. The van der Waals surface area contributed by atoms with Crippen LogP contribution in [-0.4, -0.2) is 74.8 Å². The number of benzene rings is 1. The van der Waals surface area contributed by atoms with E-state index in [-0.39, 0.29) is 47.4 Å². The number of carbonyl (C=O) groups is 3. The minimum Gasteiger partial charge on any atom is -0.394 e. The van der Waals surface area contributed by atoms with Gasteiger partial charge in [-0.1, -0.05) is 45.2 Å². The molecule has 1 saturated heterocycles. The Morgan fingerprint density at radius 1 is 1.17 bits per heavy atom. The molecule has 0 spiro atoms. The van der Waals surface area contributed by atoms with Gasteiger partial charge in [0.05, 0.1) is 24.7 Å². The number of amides is 3. The van der Waals surface area contributed by atoms with Crippen molar-refractivity contribution in [2.75, 3.05) is 25.1 Å². The van der Waals surface area contributed by atoms with Crippen molar-refractivity contribution in [1.82, 2.24) is 20.4 Å². The minimum atomic E-state index is -0.848. The average Bonchev–Trinajstić information content (AvgIpc) is 3.32. The first kappa shape index (κ1) is 30.4. The Balaban J connectivity index is 1.39. The molecule has 42 heavy (non-hydrogen) atoms. The monoisotopic (exact) mass is 595 g/mol. The van der Waals surface area contributed by atoms with E-state index < -0.39 is 11.5 Å². The van der Waals surface area contributed by atoms with Crippen LogP contribution in [0.1, 0.15) is 74.8 Å². The van der Waals surface area contributed by atoms with E-state index in [1.165, 1.54) is 4.68 Å². The van der Waals surface area contributed by atoms with Crippen LogP contribution in [0.5, 0.6) is 0 Å². The molecule has 2 unspecified atom stereocenters. The lowest BCUT2D eigenvalue weighted by atomic mass is 9.65. The molecule has 1 aromatic heterocycles. The number of aryl methyl sites for hydroxylation is 1. The molecule has 5 rings (SSSR count). The van der Waals surface area contributed by atoms with Crippen LogP contribution in [0.2, 0.25) is 5.04 Å². The van der Waals surface area contributed by atoms with Crippen molar-refractivity contribution in [2.45, 2.75) is 81.3 Å². The Labute approximate surface area is 250 Å². The highest BCUT2D eigenvalue weighted by Crippen LogP contribution is 2.69. The van der Waals surface area contributed by atoms with Gasteiger partial charge >= 0.3 is 0 Å². The summed E-state index contributed by atoms with van der Waals surface area (Å²) >= 11 is 0. The number of aliphatic hydroxyl groups excluding tert-OH is 1. The van der Waals surface area contributed by atoms with E-state index in [1.807, 2.05) is 31.2 Å². The third kappa shape index (κ3) is 5.42. The van der Waals surface area contributed by atoms with Gasteiger partial charge in [0.2, 0.25) is 11.8 Å². The first-order valence-electron chi connectivity index (χ1n) is 15.3. The van der Waals surface area contributed by atoms with Crippen molar-refractivity contribution >= 4 is 33.7 Å². The lowest BCUT2D eigenvalue weighted by Crippen LogP contribution is -2.58. The molecule has 3 amide bonds. The zero-order chi connectivity index (χ0) is 30.1. The van der Waals surface area contributed by atoms with E-state index >= 15 is 0 Å². The molecule has 11 heteroatoms. The summed E-state index contributed by atoms with van der Waals surface area (Å²) in [6, 6.07) is 8.07. The van der Waals surface area contributed by atoms with E-state index in [0.29, 0.717) is 36.7 Å². The van der Waals surface area contributed by atoms with Crippen molar-refractivity contribution in [3.8, 4) is 0 Å². The van der Waals surface area contributed by atoms with E-state index in [2.05, 4.69) is 28.0 Å². The van der Waals surface area contributed by atoms with E-state index in [4.69, 9.17) is 4.74 Å². The normalized spacial score (nSPS) is 24.2. The molecule has 2 saturated carbocycles. The summed E-state index contributed by atoms with van der Waals surface area (Å²) in [4.78, 5) is 40.9. The van der Waals surface area contributed by atoms with Crippen molar-refractivity contribution in [3.63, 3.8) is 0 Å². The summed E-state index contributed by atoms with van der Waals surface area (Å²) in [5, 5.41) is 22.7. The van der Waals surface area contributed by atoms with Crippen LogP contribution < -0.4 is 16.0 Å². The molecule has 10 nitrogen and oxygen atoms in total. The fraction of sp³-hybridized carbons (Fsp3) is 0.613. The van der Waals surface area contributed by atoms with Gasteiger partial charge in [0, 0.05) is 35.8 Å². The van der Waals surface area contributed by atoms with Crippen LogP contribution >= 0.6 is 0 Å². The summed E-state index contributed by atoms with van der Waals surface area (Å²) < 4.78 is 7.19. The number of hydrogen-bond acceptors (Lipinski definition) is 6. The molecule has 0 bridgehead atoms. The van der Waals surface area contributed by atoms with Gasteiger partial charge in [0.1, 0.15) is 11.7 Å². The van der Waals surface area contributed by atoms with Crippen LogP contribution in [0, 0.1) is 11.3 Å². The van der Waals surface area contributed by atoms with Crippen LogP contribution in [-0.2, 0) is 26.8 Å². The maximum atomic E-state index is 14.1. The van der Waals surface area contributed by atoms with Gasteiger partial charge in [-0.25, -0.2) is 0 Å². The zero-order valence-corrected chi connectivity index (χ0v) is 27.2. The second kappa shape index (κ2) is 11.9. The van der Waals surface area contributed by atoms with Crippen LogP contribution in [0.25, 0.3) is 0 Å². The Morgan fingerprint density at radius 2 is 1.88 bits per heavy atom. The number of nitrogens with one attached hydrogen (secondary N) is 3. The molecular weight excluding hydrogens is 550 g/mol. The van der Waals surface area contributed by atoms with E-state index in [0.717, 1.165) is 47.9 Å². The second-order valence-electron chi connectivity index (χ2n) is 12.9. The molecular formula is C31H45N5O5Si. The smallest absolute Gasteiger partial charge is 0.270 e. The van der Waals surface area contributed by atoms with E-state index in [9.17, 15) is 19.5 Å². The number of hydrogen-bond donors (Lipinski definition) is 4. The zero-order valence-electron chi connectivity index (χ0n) is 25.2. The lowest BCUT2D eigenvalue weighted by molar-refractivity contribution is -0.128. The number of ether oxygens (including phenoxy) is 1. The number of carbonyl (C=O) groups excluding carboxylic acids is 3. The van der Waals surface area contributed by atoms with Crippen molar-refractivity contribution < 1.29 is 24.2 Å². The summed E-state index contributed by atoms with van der Waals surface area (Å²) in [5.41, 5.74) is 1.02. The Bertz CT molecular complexity index is 1300. The predicted molar refractivity (Wildman–Crippen MR) is 163 cm³/mol. The Kier molecular flexibility index (Phi) is 8.64. The molecule has 2 aromatic rings. The maximum Gasteiger partial charge on any atom is 0.270 e. The highest BCUT2D eigenvalue weighted by Gasteiger charge is 2.62. The molecule has 228 valence electrons. The van der Waals surface area contributed by atoms with Gasteiger partial charge in [0.15, 0.2) is 0 Å². The molecule has 4 atom stereocenters. The summed E-state index contributed by atoms with van der Waals surface area (Å²) in [6.07, 6.45) is 8.21. The van der Waals surface area contributed by atoms with Gasteiger partial charge in [-0.2, -0.15) is 5.10 Å². The fourth-order valence-corrected chi connectivity index (χ4v) is 8.37. The summed E-state index contributed by atoms with van der Waals surface area (Å²) in [6.45, 7) is 4.81. The van der Waals surface area contributed by atoms with Crippen molar-refractivity contribution in [1.29, 1.82) is 0 Å². The highest BCUT2D eigenvalue weighted by atomic mass is 28.1. The number of nitrogens with zero attached hydrogens (tertiary/aromatic N) is 2. The van der Waals surface area contributed by atoms with E-state index in [1.54, 1.807) is 19.3 Å². The second-order valence-corrected chi connectivity index (χ2v) is 14.6. The molecule has 4 N–H and O–H groups in total. The molecule has 2 aliphatic carbocycles. The first-order valence-corrected chi connectivity index (χ1v) is 16.3. The average molecular weight is 596 g/mol. The number of aliphatic hydroxyl groups is 1. The maximum absolute atomic E-state index is 14.1. The number of aromatic nitrogens is 2. The van der Waals surface area contributed by atoms with Crippen molar-refractivity contribution in [3.05, 3.63) is 47.8 Å². The summed E-state index contributed by atoms with van der Waals surface area (Å²) in [7, 11) is 2.50. The Hall–Kier alpha value is -3.02. The van der Waals surface area contributed by atoms with Gasteiger partial charge in [-0.05, 0) is 65.8 Å². The highest BCUT2D eigenvalue weighted by molar-refractivity contribution is 6.21. The van der Waals surface area contributed by atoms with Gasteiger partial charge in [-0.3, -0.25) is 19.1 Å². The summed E-state index contributed by atoms with van der Waals surface area (Å²) in [5.74, 6) is -0.252. The lowest BCUT2D eigenvalue weighted by Gasteiger charge is -2.51. The molecule has 1 aromatic carbocycles. The molecule has 0 radical (unpaired) electrons. The first-order chi connectivity index (χ1) is 20.1. The van der Waals surface area contributed by atoms with Gasteiger partial charge < -0.3 is 25.8 Å². The van der Waals surface area contributed by atoms with Crippen LogP contribution in [0.3, 0.4) is 0 Å². The van der Waals surface area contributed by atoms with Crippen LogP contribution in [0.4, 0.5) is 5.69 Å². The third-order valence-electron chi connectivity index (χ3n) is 10.7. The van der Waals surface area contributed by atoms with Gasteiger partial charge in [-0.15, -0.1) is 0 Å². The minimum absolute atomic E-state index is 0.0308. The molecule has 1 aliphatic heterocycles. The quantitative estimate of drug-likeness (QED) is 0.277.